The van der Waals surface area contributed by atoms with Crippen LogP contribution in [0.15, 0.2) is 35.1 Å². The van der Waals surface area contributed by atoms with Gasteiger partial charge in [0.1, 0.15) is 17.2 Å². The number of anilines is 2. The van der Waals surface area contributed by atoms with Crippen molar-refractivity contribution in [3.63, 3.8) is 0 Å². The van der Waals surface area contributed by atoms with Crippen molar-refractivity contribution < 1.29 is 4.39 Å². The van der Waals surface area contributed by atoms with Crippen LogP contribution in [0.4, 0.5) is 15.8 Å². The zero-order chi connectivity index (χ0) is 21.0. The Kier molecular flexibility index (Phi) is 4.25. The maximum Gasteiger partial charge on any atom is 0.261 e. The minimum Gasteiger partial charge on any atom is -0.397 e. The largest absolute Gasteiger partial charge is 0.397 e. The number of hydrogen-bond donors (Lipinski definition) is 3. The van der Waals surface area contributed by atoms with Crippen LogP contribution in [0.5, 0.6) is 0 Å². The summed E-state index contributed by atoms with van der Waals surface area (Å²) in [4.78, 5) is 28.0. The van der Waals surface area contributed by atoms with Gasteiger partial charge in [0.25, 0.3) is 5.56 Å². The molecule has 0 bridgehead atoms. The normalized spacial score (nSPS) is 15.4. The average molecular weight is 406 g/mol. The summed E-state index contributed by atoms with van der Waals surface area (Å²) in [5.74, 6) is -0.139. The van der Waals surface area contributed by atoms with Crippen LogP contribution >= 0.6 is 0 Å². The number of pyridine rings is 1. The number of aromatic nitrogens is 3. The zero-order valence-corrected chi connectivity index (χ0v) is 16.9. The van der Waals surface area contributed by atoms with Crippen LogP contribution in [0, 0.1) is 12.7 Å². The summed E-state index contributed by atoms with van der Waals surface area (Å²) < 4.78 is 14.4. The molecule has 2 aromatic heterocycles. The van der Waals surface area contributed by atoms with E-state index in [1.807, 2.05) is 13.0 Å². The maximum absolute atomic E-state index is 14.4. The van der Waals surface area contributed by atoms with Crippen LogP contribution in [0.3, 0.4) is 0 Å². The molecule has 1 aliphatic rings. The van der Waals surface area contributed by atoms with Crippen molar-refractivity contribution in [1.29, 1.82) is 0 Å². The molecule has 7 nitrogen and oxygen atoms in total. The van der Waals surface area contributed by atoms with Gasteiger partial charge in [-0.15, -0.1) is 0 Å². The first-order valence-electron chi connectivity index (χ1n) is 9.97. The Morgan fingerprint density at radius 1 is 1.07 bits per heavy atom. The SMILES string of the molecule is Cc1c(N2CCN(C)CC2)ccc2[nH]c(-c3c(N)c4c(F)cccc4[nH]c3=O)nc12. The first kappa shape index (κ1) is 18.6. The van der Waals surface area contributed by atoms with Gasteiger partial charge in [0.2, 0.25) is 0 Å². The molecule has 154 valence electrons. The molecular formula is C22H23FN6O. The molecular weight excluding hydrogens is 383 g/mol. The van der Waals surface area contributed by atoms with Gasteiger partial charge in [-0.05, 0) is 38.2 Å². The Morgan fingerprint density at radius 2 is 1.83 bits per heavy atom. The van der Waals surface area contributed by atoms with E-state index in [0.717, 1.165) is 48.5 Å². The van der Waals surface area contributed by atoms with Crippen molar-refractivity contribution in [2.24, 2.45) is 0 Å². The van der Waals surface area contributed by atoms with E-state index in [1.54, 1.807) is 6.07 Å². The molecule has 0 atom stereocenters. The second kappa shape index (κ2) is 6.84. The number of nitrogens with two attached hydrogens (primary N) is 1. The van der Waals surface area contributed by atoms with Crippen molar-refractivity contribution in [2.45, 2.75) is 6.92 Å². The number of aryl methyl sites for hydroxylation is 1. The smallest absolute Gasteiger partial charge is 0.261 e. The number of hydrogen-bond acceptors (Lipinski definition) is 5. The molecule has 0 amide bonds. The van der Waals surface area contributed by atoms with E-state index in [4.69, 9.17) is 10.7 Å². The summed E-state index contributed by atoms with van der Waals surface area (Å²) in [7, 11) is 2.13. The quantitative estimate of drug-likeness (QED) is 0.476. The fourth-order valence-corrected chi connectivity index (χ4v) is 4.28. The molecule has 3 heterocycles. The molecule has 8 heteroatoms. The van der Waals surface area contributed by atoms with E-state index in [0.29, 0.717) is 11.3 Å². The van der Waals surface area contributed by atoms with E-state index in [2.05, 4.69) is 32.9 Å². The highest BCUT2D eigenvalue weighted by Gasteiger charge is 2.21. The predicted octanol–water partition coefficient (Wildman–Crippen LogP) is 2.85. The third kappa shape index (κ3) is 2.83. The summed E-state index contributed by atoms with van der Waals surface area (Å²) in [6.07, 6.45) is 0. The summed E-state index contributed by atoms with van der Waals surface area (Å²) in [6.45, 7) is 5.97. The Balaban J connectivity index is 1.65. The van der Waals surface area contributed by atoms with Crippen molar-refractivity contribution in [3.8, 4) is 11.4 Å². The molecule has 5 rings (SSSR count). The van der Waals surface area contributed by atoms with E-state index in [9.17, 15) is 9.18 Å². The maximum atomic E-state index is 14.4. The van der Waals surface area contributed by atoms with Gasteiger partial charge in [-0.3, -0.25) is 4.79 Å². The monoisotopic (exact) mass is 406 g/mol. The number of nitrogen functional groups attached to an aromatic ring is 1. The van der Waals surface area contributed by atoms with Crippen LogP contribution in [0.25, 0.3) is 33.3 Å². The van der Waals surface area contributed by atoms with Gasteiger partial charge >= 0.3 is 0 Å². The lowest BCUT2D eigenvalue weighted by atomic mass is 10.1. The molecule has 2 aromatic carbocycles. The summed E-state index contributed by atoms with van der Waals surface area (Å²) in [6, 6.07) is 8.55. The van der Waals surface area contributed by atoms with Crippen LogP contribution in [0.1, 0.15) is 5.56 Å². The molecule has 0 saturated carbocycles. The Hall–Kier alpha value is -3.39. The minimum atomic E-state index is -0.479. The molecule has 0 spiro atoms. The predicted molar refractivity (Wildman–Crippen MR) is 118 cm³/mol. The standard InChI is InChI=1S/C22H23FN6O/c1-12-16(29-10-8-28(2)9-11-29)7-6-15-20(12)27-21(25-15)18-19(24)17-13(23)4-3-5-14(17)26-22(18)30/h3-7H,8-11H2,1-2H3,(H,25,27)(H3,24,26,30). The van der Waals surface area contributed by atoms with E-state index in [-0.39, 0.29) is 16.6 Å². The number of aromatic amines is 2. The number of halogens is 1. The van der Waals surface area contributed by atoms with Crippen molar-refractivity contribution in [2.75, 3.05) is 43.9 Å². The van der Waals surface area contributed by atoms with Crippen LogP contribution in [-0.4, -0.2) is 53.1 Å². The molecule has 0 aliphatic carbocycles. The lowest BCUT2D eigenvalue weighted by Crippen LogP contribution is -2.44. The van der Waals surface area contributed by atoms with Gasteiger partial charge in [-0.2, -0.15) is 0 Å². The van der Waals surface area contributed by atoms with Gasteiger partial charge in [-0.1, -0.05) is 6.07 Å². The highest BCUT2D eigenvalue weighted by atomic mass is 19.1. The van der Waals surface area contributed by atoms with Crippen LogP contribution < -0.4 is 16.2 Å². The van der Waals surface area contributed by atoms with Crippen LogP contribution in [-0.2, 0) is 0 Å². The third-order valence-electron chi connectivity index (χ3n) is 5.99. The number of likely N-dealkylation sites (N-methyl/N-ethyl adjacent to an activating group) is 1. The summed E-state index contributed by atoms with van der Waals surface area (Å²) in [5, 5.41) is 0.197. The lowest BCUT2D eigenvalue weighted by Gasteiger charge is -2.34. The average Bonchev–Trinajstić information content (AvgIpc) is 3.13. The highest BCUT2D eigenvalue weighted by Crippen LogP contribution is 2.32. The Labute approximate surface area is 172 Å². The second-order valence-corrected chi connectivity index (χ2v) is 7.89. The third-order valence-corrected chi connectivity index (χ3v) is 5.99. The number of fused-ring (bicyclic) bond motifs is 2. The van der Waals surface area contributed by atoms with Gasteiger partial charge in [0.05, 0.1) is 27.6 Å². The van der Waals surface area contributed by atoms with Crippen molar-refractivity contribution >= 4 is 33.3 Å². The van der Waals surface area contributed by atoms with E-state index >= 15 is 0 Å². The first-order chi connectivity index (χ1) is 14.4. The van der Waals surface area contributed by atoms with E-state index in [1.165, 1.54) is 12.1 Å². The Morgan fingerprint density at radius 3 is 2.60 bits per heavy atom. The molecule has 1 saturated heterocycles. The lowest BCUT2D eigenvalue weighted by molar-refractivity contribution is 0.313. The molecule has 4 N–H and O–H groups in total. The molecule has 30 heavy (non-hydrogen) atoms. The number of imidazole rings is 1. The second-order valence-electron chi connectivity index (χ2n) is 7.89. The number of benzene rings is 2. The number of H-pyrrole nitrogens is 2. The summed E-state index contributed by atoms with van der Waals surface area (Å²) >= 11 is 0. The van der Waals surface area contributed by atoms with Gasteiger partial charge < -0.3 is 25.5 Å². The van der Waals surface area contributed by atoms with Gasteiger partial charge in [0.15, 0.2) is 0 Å². The highest BCUT2D eigenvalue weighted by molar-refractivity contribution is 5.98. The number of nitrogens with one attached hydrogen (secondary N) is 2. The number of nitrogens with zero attached hydrogens (tertiary/aromatic N) is 3. The number of piperazine rings is 1. The number of rotatable bonds is 2. The first-order valence-corrected chi connectivity index (χ1v) is 9.97. The topological polar surface area (TPSA) is 94.0 Å². The molecule has 1 aliphatic heterocycles. The minimum absolute atomic E-state index is 0.0860. The molecule has 0 unspecified atom stereocenters. The van der Waals surface area contributed by atoms with Crippen LogP contribution in [0.2, 0.25) is 0 Å². The Bertz CT molecular complexity index is 1330. The zero-order valence-electron chi connectivity index (χ0n) is 16.9. The fraction of sp³-hybridized carbons (Fsp3) is 0.273. The molecule has 4 aromatic rings. The van der Waals surface area contributed by atoms with E-state index < -0.39 is 11.4 Å². The fourth-order valence-electron chi connectivity index (χ4n) is 4.28. The van der Waals surface area contributed by atoms with Crippen molar-refractivity contribution in [3.05, 3.63) is 52.1 Å². The van der Waals surface area contributed by atoms with Gasteiger partial charge in [-0.25, -0.2) is 9.37 Å². The summed E-state index contributed by atoms with van der Waals surface area (Å²) in [5.41, 5.74) is 10.2. The molecule has 1 fully saturated rings. The van der Waals surface area contributed by atoms with Gasteiger partial charge in [0, 0.05) is 37.4 Å². The van der Waals surface area contributed by atoms with Crippen molar-refractivity contribution in [1.82, 2.24) is 19.9 Å². The molecule has 0 radical (unpaired) electrons.